The van der Waals surface area contributed by atoms with Crippen LogP contribution in [0.3, 0.4) is 0 Å². The van der Waals surface area contributed by atoms with E-state index in [1.165, 1.54) is 0 Å². The van der Waals surface area contributed by atoms with Crippen molar-refractivity contribution in [3.63, 3.8) is 0 Å². The van der Waals surface area contributed by atoms with Gasteiger partial charge in [-0.3, -0.25) is 4.79 Å². The Labute approximate surface area is 148 Å². The fraction of sp³-hybridized carbons (Fsp3) is 0.400. The molecule has 1 aliphatic rings. The number of benzene rings is 1. The first-order valence-electron chi connectivity index (χ1n) is 8.69. The molecular formula is C20H25N3O2. The Morgan fingerprint density at radius 3 is 2.40 bits per heavy atom. The fourth-order valence-corrected chi connectivity index (χ4v) is 3.20. The van der Waals surface area contributed by atoms with Crippen molar-refractivity contribution in [1.29, 1.82) is 0 Å². The van der Waals surface area contributed by atoms with E-state index in [2.05, 4.69) is 9.88 Å². The average molecular weight is 339 g/mol. The Kier molecular flexibility index (Phi) is 5.04. The van der Waals surface area contributed by atoms with Crippen LogP contribution in [0.15, 0.2) is 48.7 Å². The summed E-state index contributed by atoms with van der Waals surface area (Å²) in [6.07, 6.45) is 2.25. The largest absolute Gasteiger partial charge is 0.390 e. The SMILES string of the molecule is CC(C)(O)Cc1ccccc1C(=O)N1CCN(c2ccccn2)CC1. The Morgan fingerprint density at radius 2 is 1.76 bits per heavy atom. The van der Waals surface area contributed by atoms with Gasteiger partial charge in [-0.2, -0.15) is 0 Å². The number of amides is 1. The first-order valence-corrected chi connectivity index (χ1v) is 8.69. The van der Waals surface area contributed by atoms with Crippen LogP contribution in [-0.4, -0.2) is 52.7 Å². The first-order chi connectivity index (χ1) is 11.9. The van der Waals surface area contributed by atoms with Crippen LogP contribution in [0.4, 0.5) is 5.82 Å². The van der Waals surface area contributed by atoms with Gasteiger partial charge in [0.05, 0.1) is 5.60 Å². The molecule has 2 aromatic rings. The second-order valence-electron chi connectivity index (χ2n) is 7.11. The average Bonchev–Trinajstić information content (AvgIpc) is 2.61. The first kappa shape index (κ1) is 17.4. The van der Waals surface area contributed by atoms with Gasteiger partial charge in [-0.05, 0) is 37.6 Å². The van der Waals surface area contributed by atoms with Crippen LogP contribution in [0.5, 0.6) is 0 Å². The highest BCUT2D eigenvalue weighted by atomic mass is 16.3. The van der Waals surface area contributed by atoms with Gasteiger partial charge < -0.3 is 14.9 Å². The smallest absolute Gasteiger partial charge is 0.254 e. The molecule has 0 spiro atoms. The van der Waals surface area contributed by atoms with E-state index in [0.717, 1.165) is 24.5 Å². The van der Waals surface area contributed by atoms with Gasteiger partial charge in [0.15, 0.2) is 0 Å². The quantitative estimate of drug-likeness (QED) is 0.929. The number of anilines is 1. The molecule has 1 fully saturated rings. The lowest BCUT2D eigenvalue weighted by Gasteiger charge is -2.35. The monoisotopic (exact) mass is 339 g/mol. The van der Waals surface area contributed by atoms with E-state index < -0.39 is 5.60 Å². The summed E-state index contributed by atoms with van der Waals surface area (Å²) in [6, 6.07) is 13.5. The zero-order valence-electron chi connectivity index (χ0n) is 14.9. The van der Waals surface area contributed by atoms with E-state index in [1.807, 2.05) is 47.4 Å². The number of aromatic nitrogens is 1. The highest BCUT2D eigenvalue weighted by Gasteiger charge is 2.25. The minimum absolute atomic E-state index is 0.0421. The van der Waals surface area contributed by atoms with E-state index in [0.29, 0.717) is 25.1 Å². The van der Waals surface area contributed by atoms with Gasteiger partial charge in [-0.25, -0.2) is 4.98 Å². The third-order valence-electron chi connectivity index (χ3n) is 4.41. The summed E-state index contributed by atoms with van der Waals surface area (Å²) in [6.45, 7) is 6.42. The predicted octanol–water partition coefficient (Wildman–Crippen LogP) is 2.36. The fourth-order valence-electron chi connectivity index (χ4n) is 3.20. The van der Waals surface area contributed by atoms with Gasteiger partial charge in [0.2, 0.25) is 0 Å². The molecule has 132 valence electrons. The second-order valence-corrected chi connectivity index (χ2v) is 7.11. The molecule has 2 heterocycles. The molecule has 5 heteroatoms. The molecule has 0 bridgehead atoms. The van der Waals surface area contributed by atoms with Gasteiger partial charge in [0.25, 0.3) is 5.91 Å². The summed E-state index contributed by atoms with van der Waals surface area (Å²) in [5.74, 6) is 0.998. The van der Waals surface area contributed by atoms with E-state index in [1.54, 1.807) is 20.0 Å². The van der Waals surface area contributed by atoms with Gasteiger partial charge >= 0.3 is 0 Å². The number of nitrogens with zero attached hydrogens (tertiary/aromatic N) is 3. The Balaban J connectivity index is 1.69. The molecule has 25 heavy (non-hydrogen) atoms. The van der Waals surface area contributed by atoms with Crippen molar-refractivity contribution in [2.45, 2.75) is 25.9 Å². The molecule has 1 saturated heterocycles. The van der Waals surface area contributed by atoms with Crippen LogP contribution in [0.25, 0.3) is 0 Å². The van der Waals surface area contributed by atoms with E-state index >= 15 is 0 Å². The number of pyridine rings is 1. The van der Waals surface area contributed by atoms with Crippen molar-refractivity contribution < 1.29 is 9.90 Å². The number of rotatable bonds is 4. The molecule has 3 rings (SSSR count). The maximum atomic E-state index is 13.0. The summed E-state index contributed by atoms with van der Waals surface area (Å²) in [7, 11) is 0. The molecule has 0 saturated carbocycles. The molecule has 0 unspecified atom stereocenters. The highest BCUT2D eigenvalue weighted by Crippen LogP contribution is 2.20. The number of aliphatic hydroxyl groups is 1. The number of carbonyl (C=O) groups is 1. The highest BCUT2D eigenvalue weighted by molar-refractivity contribution is 5.96. The van der Waals surface area contributed by atoms with Crippen molar-refractivity contribution in [3.8, 4) is 0 Å². The van der Waals surface area contributed by atoms with Crippen molar-refractivity contribution in [2.75, 3.05) is 31.1 Å². The molecule has 0 atom stereocenters. The van der Waals surface area contributed by atoms with Gasteiger partial charge in [0, 0.05) is 44.4 Å². The van der Waals surface area contributed by atoms with Crippen molar-refractivity contribution >= 4 is 11.7 Å². The van der Waals surface area contributed by atoms with Crippen molar-refractivity contribution in [1.82, 2.24) is 9.88 Å². The van der Waals surface area contributed by atoms with Gasteiger partial charge in [-0.1, -0.05) is 24.3 Å². The predicted molar refractivity (Wildman–Crippen MR) is 98.8 cm³/mol. The summed E-state index contributed by atoms with van der Waals surface area (Å²) in [5.41, 5.74) is 0.747. The lowest BCUT2D eigenvalue weighted by molar-refractivity contribution is 0.0730. The third kappa shape index (κ3) is 4.37. The number of piperazine rings is 1. The van der Waals surface area contributed by atoms with Crippen molar-refractivity contribution in [3.05, 3.63) is 59.8 Å². The van der Waals surface area contributed by atoms with E-state index in [4.69, 9.17) is 0 Å². The normalized spacial score (nSPS) is 15.3. The summed E-state index contributed by atoms with van der Waals surface area (Å²) in [4.78, 5) is 21.4. The Bertz CT molecular complexity index is 717. The minimum Gasteiger partial charge on any atom is -0.390 e. The zero-order valence-corrected chi connectivity index (χ0v) is 14.9. The number of carbonyl (C=O) groups excluding carboxylic acids is 1. The lowest BCUT2D eigenvalue weighted by atomic mass is 9.94. The number of hydrogen-bond donors (Lipinski definition) is 1. The maximum Gasteiger partial charge on any atom is 0.254 e. The molecule has 1 N–H and O–H groups in total. The molecular weight excluding hydrogens is 314 g/mol. The van der Waals surface area contributed by atoms with Gasteiger partial charge in [0.1, 0.15) is 5.82 Å². The topological polar surface area (TPSA) is 56.7 Å². The maximum absolute atomic E-state index is 13.0. The molecule has 1 aromatic carbocycles. The van der Waals surface area contributed by atoms with Crippen LogP contribution in [0.2, 0.25) is 0 Å². The minimum atomic E-state index is -0.839. The van der Waals surface area contributed by atoms with Crippen molar-refractivity contribution in [2.24, 2.45) is 0 Å². The summed E-state index contributed by atoms with van der Waals surface area (Å²) < 4.78 is 0. The third-order valence-corrected chi connectivity index (χ3v) is 4.41. The lowest BCUT2D eigenvalue weighted by Crippen LogP contribution is -2.49. The standard InChI is InChI=1S/C20H25N3O2/c1-20(2,25)15-16-7-3-4-8-17(16)19(24)23-13-11-22(12-14-23)18-9-5-6-10-21-18/h3-10,25H,11-15H2,1-2H3. The second kappa shape index (κ2) is 7.23. The molecule has 1 aromatic heterocycles. The molecule has 0 aliphatic carbocycles. The Hall–Kier alpha value is -2.40. The van der Waals surface area contributed by atoms with E-state index in [9.17, 15) is 9.90 Å². The zero-order chi connectivity index (χ0) is 17.9. The van der Waals surface area contributed by atoms with Crippen LogP contribution in [-0.2, 0) is 6.42 Å². The number of hydrogen-bond acceptors (Lipinski definition) is 4. The van der Waals surface area contributed by atoms with Crippen LogP contribution >= 0.6 is 0 Å². The molecule has 5 nitrogen and oxygen atoms in total. The van der Waals surface area contributed by atoms with E-state index in [-0.39, 0.29) is 5.91 Å². The van der Waals surface area contributed by atoms with Crippen LogP contribution in [0, 0.1) is 0 Å². The molecule has 1 aliphatic heterocycles. The van der Waals surface area contributed by atoms with Crippen LogP contribution in [0.1, 0.15) is 29.8 Å². The summed E-state index contributed by atoms with van der Waals surface area (Å²) in [5, 5.41) is 10.1. The Morgan fingerprint density at radius 1 is 1.08 bits per heavy atom. The molecule has 0 radical (unpaired) electrons. The summed E-state index contributed by atoms with van der Waals surface area (Å²) >= 11 is 0. The van der Waals surface area contributed by atoms with Gasteiger partial charge in [-0.15, -0.1) is 0 Å². The molecule has 1 amide bonds. The van der Waals surface area contributed by atoms with Crippen LogP contribution < -0.4 is 4.90 Å².